The van der Waals surface area contributed by atoms with Crippen molar-refractivity contribution in [3.05, 3.63) is 50.8 Å². The molecule has 0 aliphatic carbocycles. The van der Waals surface area contributed by atoms with E-state index in [0.717, 1.165) is 10.0 Å². The number of amides is 1. The van der Waals surface area contributed by atoms with Gasteiger partial charge in [0.2, 0.25) is 0 Å². The number of aromatic carboxylic acids is 1. The number of hydrogen-bond acceptors (Lipinski definition) is 3. The Balaban J connectivity index is 2.23. The van der Waals surface area contributed by atoms with Crippen molar-refractivity contribution in [2.45, 2.75) is 6.92 Å². The van der Waals surface area contributed by atoms with Gasteiger partial charge in [0.15, 0.2) is 0 Å². The summed E-state index contributed by atoms with van der Waals surface area (Å²) in [5, 5.41) is 13.6. The third-order valence-electron chi connectivity index (χ3n) is 2.56. The Hall–Kier alpha value is -1.66. The second-order valence-electron chi connectivity index (χ2n) is 3.89. The summed E-state index contributed by atoms with van der Waals surface area (Å²) in [6, 6.07) is 6.70. The molecule has 0 radical (unpaired) electrons. The van der Waals surface area contributed by atoms with Crippen molar-refractivity contribution in [3.8, 4) is 0 Å². The topological polar surface area (TPSA) is 66.4 Å². The standard InChI is InChI=1S/C13H10BrNO3S/c1-7-2-3-8(6-10(7)14)11(16)15-12-9(13(17)18)4-5-19-12/h2-6H,1H3,(H,15,16)(H,17,18). The van der Waals surface area contributed by atoms with Crippen molar-refractivity contribution in [1.29, 1.82) is 0 Å². The van der Waals surface area contributed by atoms with Crippen molar-refractivity contribution >= 4 is 44.1 Å². The molecule has 2 rings (SSSR count). The van der Waals surface area contributed by atoms with E-state index in [1.54, 1.807) is 17.5 Å². The highest BCUT2D eigenvalue weighted by molar-refractivity contribution is 9.10. The number of carboxylic acid groups (broad SMARTS) is 1. The van der Waals surface area contributed by atoms with Crippen LogP contribution in [0.15, 0.2) is 34.1 Å². The summed E-state index contributed by atoms with van der Waals surface area (Å²) in [4.78, 5) is 23.0. The van der Waals surface area contributed by atoms with Gasteiger partial charge in [-0.1, -0.05) is 22.0 Å². The maximum Gasteiger partial charge on any atom is 0.338 e. The summed E-state index contributed by atoms with van der Waals surface area (Å²) >= 11 is 4.54. The first kappa shape index (κ1) is 13.8. The summed E-state index contributed by atoms with van der Waals surface area (Å²) in [5.41, 5.74) is 1.60. The Kier molecular flexibility index (Phi) is 4.01. The fourth-order valence-corrected chi connectivity index (χ4v) is 2.64. The monoisotopic (exact) mass is 339 g/mol. The molecule has 98 valence electrons. The molecule has 1 aromatic carbocycles. The lowest BCUT2D eigenvalue weighted by molar-refractivity contribution is 0.0698. The van der Waals surface area contributed by atoms with Gasteiger partial charge < -0.3 is 10.4 Å². The molecule has 1 amide bonds. The minimum atomic E-state index is -1.05. The van der Waals surface area contributed by atoms with Crippen LogP contribution >= 0.6 is 27.3 Å². The van der Waals surface area contributed by atoms with Crippen molar-refractivity contribution in [2.75, 3.05) is 5.32 Å². The van der Waals surface area contributed by atoms with E-state index >= 15 is 0 Å². The summed E-state index contributed by atoms with van der Waals surface area (Å²) < 4.78 is 0.838. The third-order valence-corrected chi connectivity index (χ3v) is 4.24. The number of benzene rings is 1. The molecule has 6 heteroatoms. The fourth-order valence-electron chi connectivity index (χ4n) is 1.48. The molecule has 1 aromatic heterocycles. The number of carbonyl (C=O) groups is 2. The molecule has 0 spiro atoms. The quantitative estimate of drug-likeness (QED) is 0.894. The molecule has 0 aliphatic rings. The molecule has 1 heterocycles. The van der Waals surface area contributed by atoms with E-state index in [-0.39, 0.29) is 11.5 Å². The van der Waals surface area contributed by atoms with Crippen LogP contribution in [0.4, 0.5) is 5.00 Å². The number of halogens is 1. The Morgan fingerprint density at radius 3 is 2.68 bits per heavy atom. The molecule has 2 N–H and O–H groups in total. The van der Waals surface area contributed by atoms with Crippen LogP contribution in [-0.4, -0.2) is 17.0 Å². The van der Waals surface area contributed by atoms with Gasteiger partial charge in [-0.25, -0.2) is 4.79 Å². The second-order valence-corrected chi connectivity index (χ2v) is 5.66. The molecule has 4 nitrogen and oxygen atoms in total. The minimum absolute atomic E-state index is 0.101. The average molecular weight is 340 g/mol. The summed E-state index contributed by atoms with van der Waals surface area (Å²) in [6.07, 6.45) is 0. The first-order valence-corrected chi connectivity index (χ1v) is 7.04. The highest BCUT2D eigenvalue weighted by atomic mass is 79.9. The number of hydrogen-bond donors (Lipinski definition) is 2. The van der Waals surface area contributed by atoms with Gasteiger partial charge in [0.05, 0.1) is 5.56 Å². The molecule has 0 saturated carbocycles. The summed E-state index contributed by atoms with van der Waals surface area (Å²) in [7, 11) is 0. The van der Waals surface area contributed by atoms with Gasteiger partial charge in [0.25, 0.3) is 5.91 Å². The zero-order chi connectivity index (χ0) is 14.0. The number of nitrogens with one attached hydrogen (secondary N) is 1. The zero-order valence-corrected chi connectivity index (χ0v) is 12.3. The molecule has 0 atom stereocenters. The predicted molar refractivity (Wildman–Crippen MR) is 78.1 cm³/mol. The molecule has 0 bridgehead atoms. The van der Waals surface area contributed by atoms with Gasteiger partial charge in [0, 0.05) is 10.0 Å². The lowest BCUT2D eigenvalue weighted by Crippen LogP contribution is -2.13. The predicted octanol–water partition coefficient (Wildman–Crippen LogP) is 3.77. The van der Waals surface area contributed by atoms with Gasteiger partial charge >= 0.3 is 5.97 Å². The molecule has 0 unspecified atom stereocenters. The first-order valence-electron chi connectivity index (χ1n) is 5.37. The van der Waals surface area contributed by atoms with Crippen molar-refractivity contribution < 1.29 is 14.7 Å². The zero-order valence-electron chi connectivity index (χ0n) is 9.94. The van der Waals surface area contributed by atoms with Gasteiger partial charge in [0.1, 0.15) is 5.00 Å². The molecule has 0 aliphatic heterocycles. The lowest BCUT2D eigenvalue weighted by atomic mass is 10.1. The van der Waals surface area contributed by atoms with Crippen LogP contribution < -0.4 is 5.32 Å². The number of anilines is 1. The highest BCUT2D eigenvalue weighted by Crippen LogP contribution is 2.24. The fraction of sp³-hybridized carbons (Fsp3) is 0.0769. The van der Waals surface area contributed by atoms with E-state index in [9.17, 15) is 9.59 Å². The van der Waals surface area contributed by atoms with Crippen molar-refractivity contribution in [3.63, 3.8) is 0 Å². The highest BCUT2D eigenvalue weighted by Gasteiger charge is 2.15. The largest absolute Gasteiger partial charge is 0.478 e. The van der Waals surface area contributed by atoms with Crippen LogP contribution in [0.1, 0.15) is 26.3 Å². The number of thiophene rings is 1. The van der Waals surface area contributed by atoms with E-state index in [2.05, 4.69) is 21.2 Å². The van der Waals surface area contributed by atoms with Gasteiger partial charge in [-0.3, -0.25) is 4.79 Å². The van der Waals surface area contributed by atoms with Crippen molar-refractivity contribution in [2.24, 2.45) is 0 Å². The lowest BCUT2D eigenvalue weighted by Gasteiger charge is -2.06. The van der Waals surface area contributed by atoms with Crippen LogP contribution in [0.5, 0.6) is 0 Å². The summed E-state index contributed by atoms with van der Waals surface area (Å²) in [6.45, 7) is 1.92. The first-order chi connectivity index (χ1) is 8.99. The molecule has 0 saturated heterocycles. The normalized spacial score (nSPS) is 10.2. The van der Waals surface area contributed by atoms with Gasteiger partial charge in [-0.2, -0.15) is 0 Å². The van der Waals surface area contributed by atoms with Crippen LogP contribution in [0.25, 0.3) is 0 Å². The van der Waals surface area contributed by atoms with Crippen LogP contribution in [-0.2, 0) is 0 Å². The maximum absolute atomic E-state index is 12.0. The summed E-state index contributed by atoms with van der Waals surface area (Å²) in [5.74, 6) is -1.38. The minimum Gasteiger partial charge on any atom is -0.478 e. The smallest absolute Gasteiger partial charge is 0.338 e. The maximum atomic E-state index is 12.0. The molecular weight excluding hydrogens is 330 g/mol. The molecule has 19 heavy (non-hydrogen) atoms. The Bertz CT molecular complexity index is 651. The van der Waals surface area contributed by atoms with Crippen LogP contribution in [0, 0.1) is 6.92 Å². The molecule has 2 aromatic rings. The van der Waals surface area contributed by atoms with E-state index in [4.69, 9.17) is 5.11 Å². The Morgan fingerprint density at radius 1 is 1.32 bits per heavy atom. The number of carboxylic acids is 1. The van der Waals surface area contributed by atoms with E-state index in [1.807, 2.05) is 13.0 Å². The van der Waals surface area contributed by atoms with E-state index in [0.29, 0.717) is 10.6 Å². The third kappa shape index (κ3) is 3.02. The SMILES string of the molecule is Cc1ccc(C(=O)Nc2sccc2C(=O)O)cc1Br. The second kappa shape index (κ2) is 5.54. The van der Waals surface area contributed by atoms with Crippen LogP contribution in [0.2, 0.25) is 0 Å². The van der Waals surface area contributed by atoms with E-state index < -0.39 is 5.97 Å². The number of aryl methyl sites for hydroxylation is 1. The van der Waals surface area contributed by atoms with Gasteiger partial charge in [-0.05, 0) is 36.1 Å². The molecular formula is C13H10BrNO3S. The Morgan fingerprint density at radius 2 is 2.05 bits per heavy atom. The number of carbonyl (C=O) groups excluding carboxylic acids is 1. The number of rotatable bonds is 3. The Labute approximate surface area is 122 Å². The van der Waals surface area contributed by atoms with Gasteiger partial charge in [-0.15, -0.1) is 11.3 Å². The van der Waals surface area contributed by atoms with E-state index in [1.165, 1.54) is 17.4 Å². The molecule has 0 fully saturated rings. The average Bonchev–Trinajstić information content (AvgIpc) is 2.80. The van der Waals surface area contributed by atoms with Crippen LogP contribution in [0.3, 0.4) is 0 Å². The van der Waals surface area contributed by atoms with Crippen molar-refractivity contribution in [1.82, 2.24) is 0 Å².